The maximum atomic E-state index is 12.8. The van der Waals surface area contributed by atoms with Crippen LogP contribution in [0.5, 0.6) is 0 Å². The zero-order chi connectivity index (χ0) is 24.0. The lowest BCUT2D eigenvalue weighted by molar-refractivity contribution is -0.117. The number of ether oxygens (including phenoxy) is 1. The van der Waals surface area contributed by atoms with E-state index in [1.54, 1.807) is 15.9 Å². The van der Waals surface area contributed by atoms with Gasteiger partial charge >= 0.3 is 0 Å². The molecule has 8 nitrogen and oxygen atoms in total. The highest BCUT2D eigenvalue weighted by molar-refractivity contribution is 7.89. The van der Waals surface area contributed by atoms with Crippen molar-refractivity contribution in [3.63, 3.8) is 0 Å². The summed E-state index contributed by atoms with van der Waals surface area (Å²) < 4.78 is 34.7. The molecular weight excluding hydrogens is 440 g/mol. The lowest BCUT2D eigenvalue weighted by Crippen LogP contribution is -2.36. The zero-order valence-electron chi connectivity index (χ0n) is 20.2. The van der Waals surface area contributed by atoms with Crippen LogP contribution in [-0.2, 0) is 39.1 Å². The SMILES string of the molecule is CC[C@@H]1CN(Cc2cc(C(CCc3cn(CC)nn3)CC(C)=O)ccc2C)S(=O)(=O)CCO1. The summed E-state index contributed by atoms with van der Waals surface area (Å²) in [5.74, 6) is 0.187. The van der Waals surface area contributed by atoms with E-state index in [-0.39, 0.29) is 30.2 Å². The molecule has 0 spiro atoms. The van der Waals surface area contributed by atoms with E-state index < -0.39 is 10.0 Å². The molecule has 1 aromatic heterocycles. The molecule has 1 aliphatic rings. The first kappa shape index (κ1) is 25.5. The van der Waals surface area contributed by atoms with Crippen LogP contribution in [0.1, 0.15) is 68.3 Å². The minimum atomic E-state index is -3.38. The highest BCUT2D eigenvalue weighted by Gasteiger charge is 2.29. The number of hydrogen-bond acceptors (Lipinski definition) is 6. The van der Waals surface area contributed by atoms with Crippen LogP contribution in [-0.4, -0.2) is 58.5 Å². The number of aromatic nitrogens is 3. The van der Waals surface area contributed by atoms with Crippen molar-refractivity contribution in [3.05, 3.63) is 46.8 Å². The standard InChI is InChI=1S/C24H36N4O4S/c1-5-24-17-28(33(30,31)12-11-32-24)15-22-14-21(8-7-18(22)3)20(13-19(4)29)9-10-23-16-27(6-2)26-25-23/h7-8,14,16,20,24H,5-6,9-13,15,17H2,1-4H3/t20?,24-/m1/s1. The van der Waals surface area contributed by atoms with Crippen molar-refractivity contribution in [2.75, 3.05) is 18.9 Å². The smallest absolute Gasteiger partial charge is 0.216 e. The monoisotopic (exact) mass is 476 g/mol. The van der Waals surface area contributed by atoms with Crippen LogP contribution in [0.3, 0.4) is 0 Å². The summed E-state index contributed by atoms with van der Waals surface area (Å²) in [6, 6.07) is 6.17. The summed E-state index contributed by atoms with van der Waals surface area (Å²) in [5, 5.41) is 8.32. The van der Waals surface area contributed by atoms with Crippen molar-refractivity contribution in [2.45, 2.75) is 78.5 Å². The van der Waals surface area contributed by atoms with E-state index in [2.05, 4.69) is 22.4 Å². The molecule has 1 fully saturated rings. The Hall–Kier alpha value is -2.10. The molecule has 0 N–H and O–H groups in total. The molecular formula is C24H36N4O4S. The Labute approximate surface area is 197 Å². The van der Waals surface area contributed by atoms with Gasteiger partial charge < -0.3 is 9.53 Å². The van der Waals surface area contributed by atoms with Gasteiger partial charge in [0.2, 0.25) is 10.0 Å². The number of benzene rings is 1. The molecule has 2 heterocycles. The number of Topliss-reactive ketones (excluding diaryl/α,β-unsaturated/α-hetero) is 1. The summed E-state index contributed by atoms with van der Waals surface area (Å²) in [5.41, 5.74) is 3.99. The van der Waals surface area contributed by atoms with Crippen LogP contribution in [0.2, 0.25) is 0 Å². The molecule has 0 saturated carbocycles. The highest BCUT2D eigenvalue weighted by atomic mass is 32.2. The second kappa shape index (κ2) is 11.4. The molecule has 182 valence electrons. The maximum Gasteiger partial charge on any atom is 0.216 e. The topological polar surface area (TPSA) is 94.4 Å². The lowest BCUT2D eigenvalue weighted by Gasteiger charge is -2.24. The first-order valence-corrected chi connectivity index (χ1v) is 13.4. The van der Waals surface area contributed by atoms with E-state index in [4.69, 9.17) is 4.74 Å². The van der Waals surface area contributed by atoms with Crippen molar-refractivity contribution in [1.82, 2.24) is 19.3 Å². The molecule has 0 bridgehead atoms. The van der Waals surface area contributed by atoms with Crippen molar-refractivity contribution >= 4 is 15.8 Å². The normalized spacial score (nSPS) is 19.8. The minimum Gasteiger partial charge on any atom is -0.376 e. The second-order valence-corrected chi connectivity index (χ2v) is 11.0. The molecule has 2 aromatic rings. The summed E-state index contributed by atoms with van der Waals surface area (Å²) in [7, 11) is -3.38. The Bertz CT molecular complexity index is 1050. The van der Waals surface area contributed by atoms with E-state index in [1.807, 2.05) is 33.0 Å². The van der Waals surface area contributed by atoms with Crippen molar-refractivity contribution in [1.29, 1.82) is 0 Å². The molecule has 1 unspecified atom stereocenters. The molecule has 9 heteroatoms. The predicted molar refractivity (Wildman–Crippen MR) is 127 cm³/mol. The van der Waals surface area contributed by atoms with Gasteiger partial charge in [-0.1, -0.05) is 30.3 Å². The molecule has 1 aromatic carbocycles. The van der Waals surface area contributed by atoms with Gasteiger partial charge in [0.25, 0.3) is 0 Å². The van der Waals surface area contributed by atoms with Crippen LogP contribution >= 0.6 is 0 Å². The van der Waals surface area contributed by atoms with Crippen LogP contribution < -0.4 is 0 Å². The first-order chi connectivity index (χ1) is 15.7. The number of ketones is 1. The maximum absolute atomic E-state index is 12.8. The van der Waals surface area contributed by atoms with Gasteiger partial charge in [0, 0.05) is 32.3 Å². The molecule has 0 amide bonds. The van der Waals surface area contributed by atoms with Gasteiger partial charge in [0.05, 0.1) is 24.2 Å². The van der Waals surface area contributed by atoms with E-state index in [1.165, 1.54) is 0 Å². The summed E-state index contributed by atoms with van der Waals surface area (Å²) in [4.78, 5) is 12.0. The molecule has 1 saturated heterocycles. The number of carbonyl (C=O) groups excluding carboxylic acids is 1. The molecule has 1 aliphatic heterocycles. The molecule has 2 atom stereocenters. The van der Waals surface area contributed by atoms with Gasteiger partial charge in [-0.2, -0.15) is 4.31 Å². The average Bonchev–Trinajstić information content (AvgIpc) is 3.18. The number of aryl methyl sites for hydroxylation is 3. The number of sulfonamides is 1. The van der Waals surface area contributed by atoms with E-state index in [0.29, 0.717) is 19.5 Å². The van der Waals surface area contributed by atoms with E-state index in [0.717, 1.165) is 48.2 Å². The Kier molecular flexibility index (Phi) is 8.78. The fourth-order valence-corrected chi connectivity index (χ4v) is 5.52. The average molecular weight is 477 g/mol. The van der Waals surface area contributed by atoms with Crippen LogP contribution in [0, 0.1) is 6.92 Å². The Morgan fingerprint density at radius 1 is 1.30 bits per heavy atom. The summed E-state index contributed by atoms with van der Waals surface area (Å²) in [6.45, 7) is 9.34. The second-order valence-electron chi connectivity index (χ2n) is 8.90. The predicted octanol–water partition coefficient (Wildman–Crippen LogP) is 3.24. The molecule has 0 aliphatic carbocycles. The lowest BCUT2D eigenvalue weighted by atomic mass is 9.87. The Morgan fingerprint density at radius 2 is 2.09 bits per heavy atom. The summed E-state index contributed by atoms with van der Waals surface area (Å²) in [6.07, 6.45) is 4.58. The van der Waals surface area contributed by atoms with Crippen molar-refractivity contribution in [3.8, 4) is 0 Å². The van der Waals surface area contributed by atoms with E-state index in [9.17, 15) is 13.2 Å². The van der Waals surface area contributed by atoms with Crippen molar-refractivity contribution < 1.29 is 17.9 Å². The third kappa shape index (κ3) is 6.94. The Morgan fingerprint density at radius 3 is 2.76 bits per heavy atom. The van der Waals surface area contributed by atoms with Gasteiger partial charge in [-0.15, -0.1) is 5.10 Å². The molecule has 0 radical (unpaired) electrons. The third-order valence-corrected chi connectivity index (χ3v) is 8.08. The van der Waals surface area contributed by atoms with Gasteiger partial charge in [-0.05, 0) is 62.6 Å². The number of nitrogens with zero attached hydrogens (tertiary/aromatic N) is 4. The fourth-order valence-electron chi connectivity index (χ4n) is 4.22. The number of carbonyl (C=O) groups is 1. The van der Waals surface area contributed by atoms with Crippen LogP contribution in [0.25, 0.3) is 0 Å². The van der Waals surface area contributed by atoms with Gasteiger partial charge in [0.1, 0.15) is 5.78 Å². The zero-order valence-corrected chi connectivity index (χ0v) is 21.0. The van der Waals surface area contributed by atoms with Crippen molar-refractivity contribution in [2.24, 2.45) is 0 Å². The van der Waals surface area contributed by atoms with Crippen LogP contribution in [0.4, 0.5) is 0 Å². The van der Waals surface area contributed by atoms with Gasteiger partial charge in [-0.3, -0.25) is 4.68 Å². The molecule has 3 rings (SSSR count). The first-order valence-electron chi connectivity index (χ1n) is 11.8. The highest BCUT2D eigenvalue weighted by Crippen LogP contribution is 2.28. The minimum absolute atomic E-state index is 0.00758. The Balaban J connectivity index is 1.82. The third-order valence-electron chi connectivity index (χ3n) is 6.34. The van der Waals surface area contributed by atoms with Gasteiger partial charge in [0.15, 0.2) is 0 Å². The van der Waals surface area contributed by atoms with Crippen LogP contribution in [0.15, 0.2) is 24.4 Å². The number of hydrogen-bond donors (Lipinski definition) is 0. The fraction of sp³-hybridized carbons (Fsp3) is 0.625. The number of rotatable bonds is 10. The largest absolute Gasteiger partial charge is 0.376 e. The summed E-state index contributed by atoms with van der Waals surface area (Å²) >= 11 is 0. The van der Waals surface area contributed by atoms with Gasteiger partial charge in [-0.25, -0.2) is 8.42 Å². The van der Waals surface area contributed by atoms with E-state index >= 15 is 0 Å². The molecule has 33 heavy (non-hydrogen) atoms. The quantitative estimate of drug-likeness (QED) is 0.523.